The van der Waals surface area contributed by atoms with Crippen molar-refractivity contribution in [2.45, 2.75) is 26.2 Å². The van der Waals surface area contributed by atoms with Crippen molar-refractivity contribution < 1.29 is 4.74 Å². The van der Waals surface area contributed by atoms with Gasteiger partial charge in [0.2, 0.25) is 5.88 Å². The predicted molar refractivity (Wildman–Crippen MR) is 189 cm³/mol. The van der Waals surface area contributed by atoms with Gasteiger partial charge >= 0.3 is 0 Å². The highest BCUT2D eigenvalue weighted by Crippen LogP contribution is 2.43. The average Bonchev–Trinajstić information content (AvgIpc) is 3.59. The molecule has 4 aromatic carbocycles. The SMILES string of the molecule is CN1CN(c2ccnc(Oc3cc(-c4ccccc4)c4c5ccccc5n(-c5cc(C(C)(C)C)ccn5)c4c3)c2)c2ccccc21. The van der Waals surface area contributed by atoms with Crippen molar-refractivity contribution in [1.29, 1.82) is 0 Å². The lowest BCUT2D eigenvalue weighted by atomic mass is 9.88. The molecule has 46 heavy (non-hydrogen) atoms. The smallest absolute Gasteiger partial charge is 0.221 e. The lowest BCUT2D eigenvalue weighted by Gasteiger charge is -2.20. The number of hydrogen-bond donors (Lipinski definition) is 0. The zero-order valence-electron chi connectivity index (χ0n) is 26.5. The van der Waals surface area contributed by atoms with E-state index in [1.165, 1.54) is 22.3 Å². The molecule has 0 N–H and O–H groups in total. The maximum Gasteiger partial charge on any atom is 0.221 e. The summed E-state index contributed by atoms with van der Waals surface area (Å²) in [7, 11) is 2.11. The van der Waals surface area contributed by atoms with Crippen LogP contribution in [-0.4, -0.2) is 28.3 Å². The molecule has 3 aromatic heterocycles. The molecule has 0 saturated heterocycles. The van der Waals surface area contributed by atoms with Crippen molar-refractivity contribution in [2.24, 2.45) is 0 Å². The van der Waals surface area contributed by atoms with E-state index >= 15 is 0 Å². The summed E-state index contributed by atoms with van der Waals surface area (Å²) in [6.07, 6.45) is 3.74. The molecule has 0 aliphatic carbocycles. The summed E-state index contributed by atoms with van der Waals surface area (Å²) in [4.78, 5) is 14.1. The van der Waals surface area contributed by atoms with Gasteiger partial charge in [-0.3, -0.25) is 4.57 Å². The second kappa shape index (κ2) is 10.8. The van der Waals surface area contributed by atoms with Crippen LogP contribution in [0.1, 0.15) is 26.3 Å². The first-order chi connectivity index (χ1) is 22.3. The molecule has 4 heterocycles. The molecule has 0 fully saturated rings. The lowest BCUT2D eigenvalue weighted by Crippen LogP contribution is -2.23. The van der Waals surface area contributed by atoms with E-state index in [4.69, 9.17) is 9.72 Å². The summed E-state index contributed by atoms with van der Waals surface area (Å²) >= 11 is 0. The van der Waals surface area contributed by atoms with Gasteiger partial charge in [0, 0.05) is 48.0 Å². The van der Waals surface area contributed by atoms with Crippen LogP contribution in [0.15, 0.2) is 128 Å². The van der Waals surface area contributed by atoms with E-state index < -0.39 is 0 Å². The number of nitrogens with zero attached hydrogens (tertiary/aromatic N) is 5. The van der Waals surface area contributed by atoms with Crippen LogP contribution in [0.5, 0.6) is 11.6 Å². The monoisotopic (exact) mass is 601 g/mol. The van der Waals surface area contributed by atoms with E-state index in [9.17, 15) is 0 Å². The van der Waals surface area contributed by atoms with Gasteiger partial charge in [0.15, 0.2) is 0 Å². The van der Waals surface area contributed by atoms with Crippen LogP contribution in [0, 0.1) is 0 Å². The van der Waals surface area contributed by atoms with Gasteiger partial charge in [-0.2, -0.15) is 0 Å². The third-order valence-electron chi connectivity index (χ3n) is 8.86. The van der Waals surface area contributed by atoms with Crippen molar-refractivity contribution in [3.63, 3.8) is 0 Å². The third-order valence-corrected chi connectivity index (χ3v) is 8.86. The second-order valence-corrected chi connectivity index (χ2v) is 12.9. The Morgan fingerprint density at radius 2 is 1.43 bits per heavy atom. The molecule has 0 saturated carbocycles. The van der Waals surface area contributed by atoms with Crippen LogP contribution in [0.2, 0.25) is 0 Å². The summed E-state index contributed by atoms with van der Waals surface area (Å²) in [5.74, 6) is 2.14. The standard InChI is InChI=1S/C40H35N5O/c1-40(2,3)28-18-20-41-37(22-28)45-33-15-9-8-14-31(33)39-32(27-12-6-5-7-13-27)24-30(25-36(39)45)46-38-23-29(19-21-42-38)44-26-43(4)34-16-10-11-17-35(34)44/h5-25H,26H2,1-4H3. The maximum absolute atomic E-state index is 6.64. The van der Waals surface area contributed by atoms with Crippen LogP contribution in [0.4, 0.5) is 17.1 Å². The molecule has 0 unspecified atom stereocenters. The molecule has 1 aliphatic heterocycles. The van der Waals surface area contributed by atoms with E-state index in [1.54, 1.807) is 0 Å². The van der Waals surface area contributed by atoms with E-state index in [2.05, 4.69) is 150 Å². The Labute approximate surface area is 269 Å². The Kier molecular flexibility index (Phi) is 6.53. The molecule has 7 aromatic rings. The molecular weight excluding hydrogens is 566 g/mol. The predicted octanol–water partition coefficient (Wildman–Crippen LogP) is 9.88. The lowest BCUT2D eigenvalue weighted by molar-refractivity contribution is 0.464. The Hall–Kier alpha value is -5.62. The van der Waals surface area contributed by atoms with Crippen molar-refractivity contribution in [1.82, 2.24) is 14.5 Å². The number of fused-ring (bicyclic) bond motifs is 4. The largest absolute Gasteiger partial charge is 0.439 e. The zero-order chi connectivity index (χ0) is 31.4. The van der Waals surface area contributed by atoms with Gasteiger partial charge in [-0.05, 0) is 64.6 Å². The van der Waals surface area contributed by atoms with Gasteiger partial charge in [0.05, 0.1) is 29.1 Å². The van der Waals surface area contributed by atoms with Crippen LogP contribution in [0.25, 0.3) is 38.8 Å². The minimum Gasteiger partial charge on any atom is -0.439 e. The van der Waals surface area contributed by atoms with Crippen molar-refractivity contribution in [2.75, 3.05) is 23.5 Å². The highest BCUT2D eigenvalue weighted by Gasteiger charge is 2.25. The molecule has 6 nitrogen and oxygen atoms in total. The first-order valence-corrected chi connectivity index (χ1v) is 15.7. The van der Waals surface area contributed by atoms with Gasteiger partial charge in [-0.25, -0.2) is 9.97 Å². The Morgan fingerprint density at radius 3 is 2.26 bits per heavy atom. The fourth-order valence-electron chi connectivity index (χ4n) is 6.57. The molecule has 1 aliphatic rings. The molecule has 0 bridgehead atoms. The Bertz CT molecular complexity index is 2230. The Morgan fingerprint density at radius 1 is 0.696 bits per heavy atom. The van der Waals surface area contributed by atoms with Gasteiger partial charge in [0.1, 0.15) is 11.6 Å². The van der Waals surface area contributed by atoms with Crippen LogP contribution in [0.3, 0.4) is 0 Å². The number of benzene rings is 4. The number of rotatable bonds is 5. The van der Waals surface area contributed by atoms with E-state index in [1.807, 2.05) is 24.5 Å². The molecule has 226 valence electrons. The maximum atomic E-state index is 6.64. The van der Waals surface area contributed by atoms with Crippen LogP contribution < -0.4 is 14.5 Å². The van der Waals surface area contributed by atoms with E-state index in [0.29, 0.717) is 11.6 Å². The fraction of sp³-hybridized carbons (Fsp3) is 0.150. The molecule has 0 atom stereocenters. The van der Waals surface area contributed by atoms with Gasteiger partial charge < -0.3 is 14.5 Å². The first kappa shape index (κ1) is 27.9. The highest BCUT2D eigenvalue weighted by molar-refractivity contribution is 6.16. The highest BCUT2D eigenvalue weighted by atomic mass is 16.5. The normalized spacial score (nSPS) is 13.0. The number of ether oxygens (including phenoxy) is 1. The van der Waals surface area contributed by atoms with E-state index in [0.717, 1.165) is 45.7 Å². The Balaban J connectivity index is 1.31. The van der Waals surface area contributed by atoms with Gasteiger partial charge in [-0.15, -0.1) is 0 Å². The topological polar surface area (TPSA) is 46.4 Å². The summed E-state index contributed by atoms with van der Waals surface area (Å²) in [5.41, 5.74) is 8.97. The number of aromatic nitrogens is 3. The van der Waals surface area contributed by atoms with Gasteiger partial charge in [-0.1, -0.05) is 81.4 Å². The summed E-state index contributed by atoms with van der Waals surface area (Å²) in [6, 6.07) is 40.2. The summed E-state index contributed by atoms with van der Waals surface area (Å²) < 4.78 is 8.91. The number of pyridine rings is 2. The fourth-order valence-corrected chi connectivity index (χ4v) is 6.57. The van der Waals surface area contributed by atoms with Gasteiger partial charge in [0.25, 0.3) is 0 Å². The minimum atomic E-state index is -0.0126. The molecule has 0 radical (unpaired) electrons. The van der Waals surface area contributed by atoms with Crippen molar-refractivity contribution in [3.8, 4) is 28.6 Å². The average molecular weight is 602 g/mol. The molecule has 0 spiro atoms. The number of para-hydroxylation sites is 3. The van der Waals surface area contributed by atoms with E-state index in [-0.39, 0.29) is 5.41 Å². The second-order valence-electron chi connectivity index (χ2n) is 12.9. The summed E-state index contributed by atoms with van der Waals surface area (Å²) in [5, 5.41) is 2.33. The molecule has 0 amide bonds. The van der Waals surface area contributed by atoms with Crippen LogP contribution >= 0.6 is 0 Å². The summed E-state index contributed by atoms with van der Waals surface area (Å²) in [6.45, 7) is 7.46. The van der Waals surface area contributed by atoms with Crippen molar-refractivity contribution >= 4 is 38.9 Å². The number of hydrogen-bond acceptors (Lipinski definition) is 5. The molecular formula is C40H35N5O. The molecule has 6 heteroatoms. The minimum absolute atomic E-state index is 0.0126. The zero-order valence-corrected chi connectivity index (χ0v) is 26.5. The van der Waals surface area contributed by atoms with Crippen LogP contribution in [-0.2, 0) is 5.41 Å². The first-order valence-electron chi connectivity index (χ1n) is 15.7. The quantitative estimate of drug-likeness (QED) is 0.197. The van der Waals surface area contributed by atoms with Crippen molar-refractivity contribution in [3.05, 3.63) is 133 Å². The molecule has 8 rings (SSSR count). The number of anilines is 3. The third kappa shape index (κ3) is 4.74.